The van der Waals surface area contributed by atoms with Crippen molar-refractivity contribution in [2.75, 3.05) is 41.2 Å². The topological polar surface area (TPSA) is 72.2 Å². The second-order valence-corrected chi connectivity index (χ2v) is 10.2. The maximum Gasteiger partial charge on any atom is 0.526 e. The van der Waals surface area contributed by atoms with Crippen LogP contribution in [-0.4, -0.2) is 58.6 Å². The van der Waals surface area contributed by atoms with Crippen molar-refractivity contribution < 1.29 is 22.1 Å². The number of nitrogens with two attached hydrogens (primary N) is 1. The summed E-state index contributed by atoms with van der Waals surface area (Å²) in [5, 5.41) is 0. The summed E-state index contributed by atoms with van der Waals surface area (Å²) in [5.74, 6) is 0. The molecule has 0 aromatic carbocycles. The van der Waals surface area contributed by atoms with Crippen LogP contribution in [0, 0.1) is 0 Å². The zero-order valence-corrected chi connectivity index (χ0v) is 13.4. The van der Waals surface area contributed by atoms with Gasteiger partial charge in [-0.2, -0.15) is 0 Å². The summed E-state index contributed by atoms with van der Waals surface area (Å²) in [6, 6.07) is 0.849. The molecule has 17 heavy (non-hydrogen) atoms. The van der Waals surface area contributed by atoms with Crippen LogP contribution in [-0.2, 0) is 22.1 Å². The largest absolute Gasteiger partial charge is 0.526 e. The predicted octanol–water partition coefficient (Wildman–Crippen LogP) is 0.488. The highest BCUT2D eigenvalue weighted by atomic mass is 28.4. The zero-order chi connectivity index (χ0) is 13.4. The van der Waals surface area contributed by atoms with E-state index in [4.69, 9.17) is 27.9 Å². The highest BCUT2D eigenvalue weighted by Gasteiger charge is 2.42. The lowest BCUT2D eigenvalue weighted by Gasteiger charge is -2.30. The van der Waals surface area contributed by atoms with Gasteiger partial charge in [-0.25, -0.2) is 0 Å². The van der Waals surface area contributed by atoms with Gasteiger partial charge in [0, 0.05) is 28.4 Å². The Morgan fingerprint density at radius 1 is 0.941 bits per heavy atom. The third-order valence-electron chi connectivity index (χ3n) is 2.75. The van der Waals surface area contributed by atoms with Crippen molar-refractivity contribution in [2.24, 2.45) is 5.73 Å². The Morgan fingerprint density at radius 2 is 1.47 bits per heavy atom. The Hall–Kier alpha value is 0.194. The molecule has 0 radical (unpaired) electrons. The van der Waals surface area contributed by atoms with Crippen molar-refractivity contribution >= 4 is 17.4 Å². The van der Waals surface area contributed by atoms with Crippen molar-refractivity contribution in [1.82, 2.24) is 0 Å². The molecule has 0 aromatic rings. The molecule has 0 aromatic heterocycles. The second-order valence-electron chi connectivity index (χ2n) is 3.81. The summed E-state index contributed by atoms with van der Waals surface area (Å²) in [7, 11) is 1.49. The van der Waals surface area contributed by atoms with Crippen LogP contribution in [0.5, 0.6) is 0 Å². The predicted molar refractivity (Wildman–Crippen MR) is 69.8 cm³/mol. The van der Waals surface area contributed by atoms with Gasteiger partial charge in [-0.05, 0) is 25.6 Å². The summed E-state index contributed by atoms with van der Waals surface area (Å²) in [6.45, 7) is 2.64. The molecule has 104 valence electrons. The van der Waals surface area contributed by atoms with Gasteiger partial charge in [0.05, 0.1) is 0 Å². The first kappa shape index (κ1) is 17.2. The molecule has 0 heterocycles. The van der Waals surface area contributed by atoms with Crippen LogP contribution < -0.4 is 5.73 Å². The molecule has 0 saturated heterocycles. The first-order chi connectivity index (χ1) is 8.01. The molecule has 0 aliphatic carbocycles. The lowest BCUT2D eigenvalue weighted by Crippen LogP contribution is -2.52. The van der Waals surface area contributed by atoms with Crippen molar-refractivity contribution in [1.29, 1.82) is 0 Å². The third-order valence-corrected chi connectivity index (χ3v) is 8.29. The van der Waals surface area contributed by atoms with E-state index in [1.807, 2.05) is 6.55 Å². The van der Waals surface area contributed by atoms with Gasteiger partial charge in [0.1, 0.15) is 6.23 Å². The summed E-state index contributed by atoms with van der Waals surface area (Å²) in [5.41, 5.74) is 5.50. The van der Waals surface area contributed by atoms with Crippen molar-refractivity contribution in [2.45, 2.75) is 19.0 Å². The molecule has 0 aliphatic rings. The van der Waals surface area contributed by atoms with Crippen LogP contribution in [0.3, 0.4) is 0 Å². The molecule has 0 saturated carbocycles. The van der Waals surface area contributed by atoms with Gasteiger partial charge in [0.15, 0.2) is 0 Å². The van der Waals surface area contributed by atoms with Gasteiger partial charge in [-0.15, -0.1) is 0 Å². The maximum absolute atomic E-state index is 5.87. The fourth-order valence-electron chi connectivity index (χ4n) is 1.32. The van der Waals surface area contributed by atoms with Crippen LogP contribution in [0.2, 0.25) is 12.6 Å². The summed E-state index contributed by atoms with van der Waals surface area (Å²) >= 11 is 0. The zero-order valence-electron chi connectivity index (χ0n) is 11.4. The molecule has 2 N–H and O–H groups in total. The molecule has 6 nitrogen and oxygen atoms in total. The highest BCUT2D eigenvalue weighted by molar-refractivity contribution is 6.68. The van der Waals surface area contributed by atoms with E-state index in [9.17, 15) is 0 Å². The van der Waals surface area contributed by atoms with E-state index in [2.05, 4.69) is 0 Å². The molecule has 0 aliphatic heterocycles. The summed E-state index contributed by atoms with van der Waals surface area (Å²) in [6.07, 6.45) is 1.19. The lowest BCUT2D eigenvalue weighted by molar-refractivity contribution is 0.0896. The Kier molecular flexibility index (Phi) is 8.42. The van der Waals surface area contributed by atoms with Gasteiger partial charge in [-0.3, -0.25) is 0 Å². The van der Waals surface area contributed by atoms with Gasteiger partial charge < -0.3 is 27.9 Å². The van der Waals surface area contributed by atoms with Gasteiger partial charge >= 0.3 is 17.4 Å². The number of hydrogen-bond donors (Lipinski definition) is 1. The number of rotatable bonds is 10. The first-order valence-corrected chi connectivity index (χ1v) is 10.0. The molecule has 0 bridgehead atoms. The minimum Gasteiger partial charge on any atom is -0.398 e. The average molecular weight is 283 g/mol. The van der Waals surface area contributed by atoms with E-state index in [0.717, 1.165) is 12.5 Å². The molecule has 0 spiro atoms. The average Bonchev–Trinajstić information content (AvgIpc) is 2.38. The van der Waals surface area contributed by atoms with E-state index < -0.39 is 17.4 Å². The first-order valence-electron chi connectivity index (χ1n) is 5.56. The lowest BCUT2D eigenvalue weighted by atomic mass is 10.5. The summed E-state index contributed by atoms with van der Waals surface area (Å²) < 4.78 is 27.2. The molecular weight excluding hydrogens is 258 g/mol. The highest BCUT2D eigenvalue weighted by Crippen LogP contribution is 2.17. The number of hydrogen-bond acceptors (Lipinski definition) is 6. The van der Waals surface area contributed by atoms with Gasteiger partial charge in [-0.1, -0.05) is 0 Å². The van der Waals surface area contributed by atoms with Crippen LogP contribution in [0.1, 0.15) is 6.42 Å². The molecule has 8 heteroatoms. The van der Waals surface area contributed by atoms with E-state index in [-0.39, 0.29) is 0 Å². The van der Waals surface area contributed by atoms with E-state index in [1.54, 1.807) is 28.4 Å². The quantitative estimate of drug-likeness (QED) is 0.588. The molecule has 0 fully saturated rings. The van der Waals surface area contributed by atoms with Crippen LogP contribution >= 0.6 is 0 Å². The normalized spacial score (nSPS) is 15.9. The molecular formula is C9H25NO5Si2. The van der Waals surface area contributed by atoms with Gasteiger partial charge in [0.2, 0.25) is 0 Å². The fraction of sp³-hybridized carbons (Fsp3) is 1.00. The smallest absolute Gasteiger partial charge is 0.398 e. The summed E-state index contributed by atoms with van der Waals surface area (Å²) in [4.78, 5) is 0. The second kappa shape index (κ2) is 8.32. The van der Waals surface area contributed by atoms with Crippen molar-refractivity contribution in [3.05, 3.63) is 0 Å². The Balaban J connectivity index is 4.37. The molecule has 0 rings (SSSR count). The fourth-order valence-corrected chi connectivity index (χ4v) is 5.42. The van der Waals surface area contributed by atoms with E-state index in [1.165, 1.54) is 0 Å². The third kappa shape index (κ3) is 5.57. The van der Waals surface area contributed by atoms with Crippen molar-refractivity contribution in [3.63, 3.8) is 0 Å². The standard InChI is InChI=1S/C9H25NO5Si2/c1-11-16(5,8-6-7-10)15-9-17(12-2,13-3)14-4/h6-10H2,1-5H3. The molecule has 0 amide bonds. The van der Waals surface area contributed by atoms with Crippen LogP contribution in [0.15, 0.2) is 0 Å². The molecule has 1 atom stereocenters. The Bertz CT molecular complexity index is 198. The Labute approximate surface area is 106 Å². The van der Waals surface area contributed by atoms with Crippen molar-refractivity contribution in [3.8, 4) is 0 Å². The van der Waals surface area contributed by atoms with E-state index >= 15 is 0 Å². The van der Waals surface area contributed by atoms with Gasteiger partial charge in [0.25, 0.3) is 0 Å². The minimum absolute atomic E-state index is 0.303. The van der Waals surface area contributed by atoms with Crippen LogP contribution in [0.4, 0.5) is 0 Å². The van der Waals surface area contributed by atoms with E-state index in [0.29, 0.717) is 12.8 Å². The molecule has 1 unspecified atom stereocenters. The van der Waals surface area contributed by atoms with Crippen LogP contribution in [0.25, 0.3) is 0 Å². The Morgan fingerprint density at radius 3 is 1.82 bits per heavy atom. The SMILES string of the molecule is CO[Si](C)(CCCN)OC[Si](OC)(OC)OC. The maximum atomic E-state index is 5.87. The minimum atomic E-state index is -2.68. The monoisotopic (exact) mass is 283 g/mol.